The first kappa shape index (κ1) is 16.7. The molecule has 0 saturated heterocycles. The van der Waals surface area contributed by atoms with E-state index in [4.69, 9.17) is 0 Å². The van der Waals surface area contributed by atoms with E-state index in [-0.39, 0.29) is 13.2 Å². The minimum absolute atomic E-state index is 0.176. The zero-order chi connectivity index (χ0) is 19.1. The fraction of sp³-hybridized carbons (Fsp3) is 0.0909. The topological polar surface area (TPSA) is 97.8 Å². The number of hydrogen-bond donors (Lipinski definition) is 4. The fourth-order valence-electron chi connectivity index (χ4n) is 3.55. The van der Waals surface area contributed by atoms with Gasteiger partial charge < -0.3 is 20.2 Å². The van der Waals surface area contributed by atoms with Gasteiger partial charge in [0.05, 0.1) is 36.0 Å². The minimum Gasteiger partial charge on any atom is -0.392 e. The number of aliphatic hydroxyl groups is 2. The van der Waals surface area contributed by atoms with E-state index >= 15 is 0 Å². The number of nitrogens with zero attached hydrogens (tertiary/aromatic N) is 2. The Bertz CT molecular complexity index is 1200. The van der Waals surface area contributed by atoms with Gasteiger partial charge in [0.1, 0.15) is 0 Å². The Labute approximate surface area is 160 Å². The van der Waals surface area contributed by atoms with Gasteiger partial charge in [-0.15, -0.1) is 0 Å². The Hall–Kier alpha value is -3.48. The zero-order valence-electron chi connectivity index (χ0n) is 15.0. The van der Waals surface area contributed by atoms with Crippen LogP contribution >= 0.6 is 0 Å². The second kappa shape index (κ2) is 6.60. The van der Waals surface area contributed by atoms with Crippen LogP contribution < -0.4 is 0 Å². The maximum Gasteiger partial charge on any atom is 0.0706 e. The third kappa shape index (κ3) is 2.94. The fourth-order valence-corrected chi connectivity index (χ4v) is 3.55. The number of nitrogens with one attached hydrogen (secondary N) is 2. The van der Waals surface area contributed by atoms with Crippen LogP contribution in [0.4, 0.5) is 0 Å². The molecule has 2 aliphatic heterocycles. The van der Waals surface area contributed by atoms with E-state index in [0.717, 1.165) is 44.8 Å². The van der Waals surface area contributed by atoms with Crippen LogP contribution in [0.5, 0.6) is 0 Å². The standard InChI is InChI=1S/C22H18N4O2/c27-11-19-20(12-28)22-10-18-6-4-16(25-18)8-14-2-1-13(23-14)7-15-3-5-17(24-15)9-21(19)26-22/h1-10,23,26-28H,11-12H2. The summed E-state index contributed by atoms with van der Waals surface area (Å²) in [7, 11) is 0. The van der Waals surface area contributed by atoms with Crippen LogP contribution in [0.3, 0.4) is 0 Å². The van der Waals surface area contributed by atoms with Gasteiger partial charge in [0.15, 0.2) is 0 Å². The molecule has 5 heterocycles. The molecule has 6 heteroatoms. The van der Waals surface area contributed by atoms with Crippen molar-refractivity contribution in [2.45, 2.75) is 13.2 Å². The van der Waals surface area contributed by atoms with Gasteiger partial charge in [0.25, 0.3) is 0 Å². The van der Waals surface area contributed by atoms with E-state index in [1.54, 1.807) is 0 Å². The van der Waals surface area contributed by atoms with Crippen LogP contribution in [-0.4, -0.2) is 30.1 Å². The van der Waals surface area contributed by atoms with Crippen LogP contribution in [0.2, 0.25) is 0 Å². The quantitative estimate of drug-likeness (QED) is 0.381. The molecule has 5 rings (SSSR count). The van der Waals surface area contributed by atoms with E-state index in [1.165, 1.54) is 0 Å². The Morgan fingerprint density at radius 1 is 0.607 bits per heavy atom. The van der Waals surface area contributed by atoms with Crippen molar-refractivity contribution in [3.8, 4) is 0 Å². The number of rotatable bonds is 2. The molecule has 0 saturated carbocycles. The highest BCUT2D eigenvalue weighted by molar-refractivity contribution is 5.79. The van der Waals surface area contributed by atoms with Crippen LogP contribution in [0.1, 0.15) is 33.9 Å². The van der Waals surface area contributed by atoms with E-state index in [9.17, 15) is 10.2 Å². The normalized spacial score (nSPS) is 12.6. The predicted molar refractivity (Wildman–Crippen MR) is 111 cm³/mol. The molecular weight excluding hydrogens is 352 g/mol. The summed E-state index contributed by atoms with van der Waals surface area (Å²) in [6.45, 7) is -0.353. The van der Waals surface area contributed by atoms with E-state index in [2.05, 4.69) is 19.9 Å². The molecule has 0 spiro atoms. The molecular formula is C22H18N4O2. The highest BCUT2D eigenvalue weighted by Crippen LogP contribution is 2.24. The van der Waals surface area contributed by atoms with Gasteiger partial charge in [0.2, 0.25) is 0 Å². The summed E-state index contributed by atoms with van der Waals surface area (Å²) < 4.78 is 0. The lowest BCUT2D eigenvalue weighted by Gasteiger charge is -1.97. The molecule has 3 aromatic heterocycles. The number of aromatic nitrogens is 4. The number of fused-ring (bicyclic) bond motifs is 8. The highest BCUT2D eigenvalue weighted by Gasteiger charge is 2.11. The largest absolute Gasteiger partial charge is 0.392 e. The number of aliphatic hydroxyl groups excluding tert-OH is 2. The average molecular weight is 370 g/mol. The third-order valence-electron chi connectivity index (χ3n) is 4.89. The van der Waals surface area contributed by atoms with Crippen LogP contribution in [0, 0.1) is 0 Å². The van der Waals surface area contributed by atoms with Gasteiger partial charge in [-0.25, -0.2) is 9.97 Å². The lowest BCUT2D eigenvalue weighted by atomic mass is 10.1. The van der Waals surface area contributed by atoms with Gasteiger partial charge in [-0.3, -0.25) is 0 Å². The van der Waals surface area contributed by atoms with Crippen molar-refractivity contribution in [2.75, 3.05) is 0 Å². The number of hydrogen-bond acceptors (Lipinski definition) is 4. The average Bonchev–Trinajstić information content (AvgIpc) is 3.45. The summed E-state index contributed by atoms with van der Waals surface area (Å²) in [6, 6.07) is 11.7. The molecule has 0 amide bonds. The molecule has 138 valence electrons. The molecule has 3 aromatic rings. The van der Waals surface area contributed by atoms with E-state index in [0.29, 0.717) is 11.1 Å². The summed E-state index contributed by atoms with van der Waals surface area (Å²) in [5.41, 5.74) is 7.94. The summed E-state index contributed by atoms with van der Waals surface area (Å²) in [5, 5.41) is 19.7. The SMILES string of the molecule is OCc1c(CO)c2cc3nc(cc4ccc(cc5nc(cc1[nH]2)C=C5)[nH]4)C=C3. The molecule has 28 heavy (non-hydrogen) atoms. The van der Waals surface area contributed by atoms with Gasteiger partial charge >= 0.3 is 0 Å². The first-order chi connectivity index (χ1) is 13.7. The molecule has 0 unspecified atom stereocenters. The first-order valence-electron chi connectivity index (χ1n) is 9.03. The van der Waals surface area contributed by atoms with Crippen molar-refractivity contribution in [2.24, 2.45) is 0 Å². The maximum absolute atomic E-state index is 9.87. The van der Waals surface area contributed by atoms with Crippen molar-refractivity contribution in [1.82, 2.24) is 19.9 Å². The van der Waals surface area contributed by atoms with Crippen LogP contribution in [-0.2, 0) is 13.2 Å². The molecule has 0 atom stereocenters. The summed E-state index contributed by atoms with van der Waals surface area (Å²) in [4.78, 5) is 15.9. The monoisotopic (exact) mass is 370 g/mol. The van der Waals surface area contributed by atoms with E-state index in [1.807, 2.05) is 60.7 Å². The van der Waals surface area contributed by atoms with E-state index < -0.39 is 0 Å². The van der Waals surface area contributed by atoms with Crippen LogP contribution in [0.25, 0.3) is 46.4 Å². The van der Waals surface area contributed by atoms with Crippen molar-refractivity contribution < 1.29 is 10.2 Å². The molecule has 0 radical (unpaired) electrons. The lowest BCUT2D eigenvalue weighted by Crippen LogP contribution is -1.89. The Morgan fingerprint density at radius 3 is 1.46 bits per heavy atom. The lowest BCUT2D eigenvalue weighted by molar-refractivity contribution is 0.263. The molecule has 2 aliphatic rings. The molecule has 6 nitrogen and oxygen atoms in total. The molecule has 0 fully saturated rings. The Morgan fingerprint density at radius 2 is 1.04 bits per heavy atom. The van der Waals surface area contributed by atoms with Crippen molar-refractivity contribution in [3.05, 3.63) is 70.3 Å². The summed E-state index contributed by atoms with van der Waals surface area (Å²) in [6.07, 6.45) is 7.74. The molecule has 0 aliphatic carbocycles. The predicted octanol–water partition coefficient (Wildman–Crippen LogP) is 3.64. The third-order valence-corrected chi connectivity index (χ3v) is 4.89. The smallest absolute Gasteiger partial charge is 0.0706 e. The van der Waals surface area contributed by atoms with Crippen molar-refractivity contribution >= 4 is 46.4 Å². The molecule has 8 bridgehead atoms. The maximum atomic E-state index is 9.87. The summed E-state index contributed by atoms with van der Waals surface area (Å²) >= 11 is 0. The zero-order valence-corrected chi connectivity index (χ0v) is 15.0. The van der Waals surface area contributed by atoms with Gasteiger partial charge in [0, 0.05) is 33.2 Å². The molecule has 0 aromatic carbocycles. The second-order valence-corrected chi connectivity index (χ2v) is 6.76. The Kier molecular flexibility index (Phi) is 3.93. The summed E-state index contributed by atoms with van der Waals surface area (Å²) in [5.74, 6) is 0. The minimum atomic E-state index is -0.176. The van der Waals surface area contributed by atoms with Crippen LogP contribution in [0.15, 0.2) is 36.4 Å². The van der Waals surface area contributed by atoms with Crippen molar-refractivity contribution in [3.63, 3.8) is 0 Å². The van der Waals surface area contributed by atoms with Gasteiger partial charge in [-0.2, -0.15) is 0 Å². The second-order valence-electron chi connectivity index (χ2n) is 6.76. The van der Waals surface area contributed by atoms with Gasteiger partial charge in [-0.1, -0.05) is 0 Å². The molecule has 4 N–H and O–H groups in total. The van der Waals surface area contributed by atoms with Gasteiger partial charge in [-0.05, 0) is 60.7 Å². The highest BCUT2D eigenvalue weighted by atomic mass is 16.3. The number of aromatic amines is 2. The van der Waals surface area contributed by atoms with Crippen molar-refractivity contribution in [1.29, 1.82) is 0 Å². The Balaban J connectivity index is 1.89. The first-order valence-corrected chi connectivity index (χ1v) is 9.03. The number of H-pyrrole nitrogens is 2.